The molecule has 0 radical (unpaired) electrons. The van der Waals surface area contributed by atoms with Gasteiger partial charge in [-0.15, -0.1) is 0 Å². The van der Waals surface area contributed by atoms with Crippen LogP contribution in [0.5, 0.6) is 5.75 Å². The zero-order chi connectivity index (χ0) is 22.5. The van der Waals surface area contributed by atoms with Gasteiger partial charge in [0.25, 0.3) is 0 Å². The van der Waals surface area contributed by atoms with Crippen molar-refractivity contribution in [3.05, 3.63) is 64.3 Å². The lowest BCUT2D eigenvalue weighted by Crippen LogP contribution is -2.48. The molecule has 0 unspecified atom stereocenters. The summed E-state index contributed by atoms with van der Waals surface area (Å²) in [5, 5.41) is 12.9. The Kier molecular flexibility index (Phi) is 4.75. The molecule has 0 atom stereocenters. The number of carbonyl (C=O) groups is 2. The van der Waals surface area contributed by atoms with Crippen molar-refractivity contribution in [2.24, 2.45) is 0 Å². The molecule has 1 aliphatic carbocycles. The molecule has 3 aromatic rings. The number of aromatic amines is 1. The van der Waals surface area contributed by atoms with Crippen LogP contribution in [0.3, 0.4) is 0 Å². The van der Waals surface area contributed by atoms with Crippen LogP contribution in [0.25, 0.3) is 10.9 Å². The van der Waals surface area contributed by atoms with E-state index in [1.165, 1.54) is 0 Å². The molecule has 2 heterocycles. The second kappa shape index (κ2) is 7.50. The van der Waals surface area contributed by atoms with Crippen LogP contribution in [0.2, 0.25) is 0 Å². The molecule has 1 fully saturated rings. The molecular formula is C25H24N4O3. The van der Waals surface area contributed by atoms with Gasteiger partial charge in [-0.25, -0.2) is 0 Å². The van der Waals surface area contributed by atoms with Crippen LogP contribution in [0.1, 0.15) is 46.6 Å². The summed E-state index contributed by atoms with van der Waals surface area (Å²) < 4.78 is 5.98. The molecule has 162 valence electrons. The second-order valence-electron chi connectivity index (χ2n) is 8.88. The number of nitrogens with zero attached hydrogens (tertiary/aromatic N) is 2. The molecule has 0 bridgehead atoms. The third-order valence-electron chi connectivity index (χ3n) is 6.48. The van der Waals surface area contributed by atoms with Crippen molar-refractivity contribution < 1.29 is 14.3 Å². The maximum Gasteiger partial charge on any atom is 0.234 e. The summed E-state index contributed by atoms with van der Waals surface area (Å²) in [5.41, 5.74) is 4.04. The molecule has 1 amide bonds. The van der Waals surface area contributed by atoms with Crippen LogP contribution in [-0.4, -0.2) is 54.4 Å². The number of nitrogens with one attached hydrogen (secondary N) is 2. The topological polar surface area (TPSA) is 98.2 Å². The molecule has 7 nitrogen and oxygen atoms in total. The van der Waals surface area contributed by atoms with E-state index in [0.717, 1.165) is 28.7 Å². The summed E-state index contributed by atoms with van der Waals surface area (Å²) in [6.07, 6.45) is 0. The summed E-state index contributed by atoms with van der Waals surface area (Å²) in [6, 6.07) is 13.2. The molecule has 2 N–H and O–H groups in total. The summed E-state index contributed by atoms with van der Waals surface area (Å²) in [7, 11) is 0. The molecule has 32 heavy (non-hydrogen) atoms. The normalized spacial score (nSPS) is 17.4. The molecule has 1 aromatic heterocycles. The van der Waals surface area contributed by atoms with Gasteiger partial charge in [-0.2, -0.15) is 5.26 Å². The predicted molar refractivity (Wildman–Crippen MR) is 120 cm³/mol. The molecule has 0 spiro atoms. The number of fused-ring (bicyclic) bond motifs is 4. The van der Waals surface area contributed by atoms with Gasteiger partial charge in [-0.05, 0) is 35.9 Å². The van der Waals surface area contributed by atoms with Crippen molar-refractivity contribution in [1.29, 1.82) is 5.26 Å². The Hall–Kier alpha value is -3.63. The molecule has 7 heteroatoms. The van der Waals surface area contributed by atoms with Crippen molar-refractivity contribution in [3.8, 4) is 11.8 Å². The van der Waals surface area contributed by atoms with E-state index in [-0.39, 0.29) is 11.7 Å². The minimum Gasteiger partial charge on any atom is -0.492 e. The lowest BCUT2D eigenvalue weighted by atomic mass is 9.71. The number of ketones is 1. The Morgan fingerprint density at radius 3 is 2.81 bits per heavy atom. The molecule has 1 saturated heterocycles. The van der Waals surface area contributed by atoms with Crippen LogP contribution in [0, 0.1) is 11.3 Å². The molecule has 1 aliphatic heterocycles. The van der Waals surface area contributed by atoms with Gasteiger partial charge in [0.2, 0.25) is 5.91 Å². The minimum atomic E-state index is -0.436. The number of hydrogen-bond donors (Lipinski definition) is 2. The van der Waals surface area contributed by atoms with E-state index >= 15 is 0 Å². The Morgan fingerprint density at radius 1 is 1.19 bits per heavy atom. The number of amides is 1. The van der Waals surface area contributed by atoms with E-state index < -0.39 is 5.41 Å². The first-order chi connectivity index (χ1) is 15.4. The molecule has 5 rings (SSSR count). The van der Waals surface area contributed by atoms with Gasteiger partial charge in [-0.1, -0.05) is 19.9 Å². The quantitative estimate of drug-likeness (QED) is 0.666. The van der Waals surface area contributed by atoms with Gasteiger partial charge in [-0.3, -0.25) is 14.5 Å². The average molecular weight is 428 g/mol. The van der Waals surface area contributed by atoms with Crippen LogP contribution in [-0.2, 0) is 10.2 Å². The van der Waals surface area contributed by atoms with Crippen LogP contribution in [0.15, 0.2) is 36.4 Å². The fourth-order valence-electron chi connectivity index (χ4n) is 4.74. The lowest BCUT2D eigenvalue weighted by molar-refractivity contribution is -0.124. The highest BCUT2D eigenvalue weighted by Crippen LogP contribution is 2.44. The number of nitriles is 1. The van der Waals surface area contributed by atoms with E-state index in [9.17, 15) is 14.9 Å². The summed E-state index contributed by atoms with van der Waals surface area (Å²) in [6.45, 7) is 7.19. The highest BCUT2D eigenvalue weighted by Gasteiger charge is 2.39. The van der Waals surface area contributed by atoms with Crippen molar-refractivity contribution in [3.63, 3.8) is 0 Å². The Bertz CT molecular complexity index is 1300. The third kappa shape index (κ3) is 3.24. The maximum atomic E-state index is 13.4. The number of benzene rings is 2. The number of carbonyl (C=O) groups excluding carboxylic acids is 2. The summed E-state index contributed by atoms with van der Waals surface area (Å²) in [4.78, 5) is 30.4. The zero-order valence-corrected chi connectivity index (χ0v) is 18.1. The number of H-pyrrole nitrogens is 1. The van der Waals surface area contributed by atoms with Crippen molar-refractivity contribution in [1.82, 2.24) is 15.2 Å². The largest absolute Gasteiger partial charge is 0.492 e. The number of hydrogen-bond acceptors (Lipinski definition) is 5. The van der Waals surface area contributed by atoms with Crippen molar-refractivity contribution >= 4 is 22.6 Å². The van der Waals surface area contributed by atoms with Crippen molar-refractivity contribution in [2.45, 2.75) is 19.3 Å². The fourth-order valence-corrected chi connectivity index (χ4v) is 4.74. The summed E-state index contributed by atoms with van der Waals surface area (Å²) >= 11 is 0. The van der Waals surface area contributed by atoms with E-state index in [1.807, 2.05) is 24.3 Å². The SMILES string of the molecule is CC1(C)c2cc(OCCN3CCNC(=O)C3)ccc2C(=O)c2c1[nH]c1cc(C#N)ccc21. The van der Waals surface area contributed by atoms with E-state index in [2.05, 4.69) is 35.1 Å². The van der Waals surface area contributed by atoms with Gasteiger partial charge in [0.1, 0.15) is 12.4 Å². The van der Waals surface area contributed by atoms with Crippen LogP contribution < -0.4 is 10.1 Å². The number of ether oxygens (including phenoxy) is 1. The summed E-state index contributed by atoms with van der Waals surface area (Å²) in [5.74, 6) is 0.731. The Balaban J connectivity index is 1.43. The first-order valence-corrected chi connectivity index (χ1v) is 10.8. The third-order valence-corrected chi connectivity index (χ3v) is 6.48. The van der Waals surface area contributed by atoms with Crippen LogP contribution >= 0.6 is 0 Å². The average Bonchev–Trinajstić information content (AvgIpc) is 3.18. The van der Waals surface area contributed by atoms with Gasteiger partial charge in [0.15, 0.2) is 5.78 Å². The van der Waals surface area contributed by atoms with Gasteiger partial charge >= 0.3 is 0 Å². The molecule has 2 aromatic carbocycles. The lowest BCUT2D eigenvalue weighted by Gasteiger charge is -2.32. The first kappa shape index (κ1) is 20.3. The highest BCUT2D eigenvalue weighted by atomic mass is 16.5. The smallest absolute Gasteiger partial charge is 0.234 e. The predicted octanol–water partition coefficient (Wildman–Crippen LogP) is 2.72. The monoisotopic (exact) mass is 428 g/mol. The van der Waals surface area contributed by atoms with E-state index in [4.69, 9.17) is 4.74 Å². The second-order valence-corrected chi connectivity index (χ2v) is 8.88. The number of piperazine rings is 1. The number of rotatable bonds is 4. The van der Waals surface area contributed by atoms with Gasteiger partial charge < -0.3 is 15.0 Å². The zero-order valence-electron chi connectivity index (χ0n) is 18.1. The molecule has 2 aliphatic rings. The molecular weight excluding hydrogens is 404 g/mol. The van der Waals surface area contributed by atoms with E-state index in [0.29, 0.717) is 48.7 Å². The Labute approximate surface area is 186 Å². The Morgan fingerprint density at radius 2 is 2.03 bits per heavy atom. The maximum absolute atomic E-state index is 13.4. The van der Waals surface area contributed by atoms with Gasteiger partial charge in [0.05, 0.1) is 23.7 Å². The molecule has 0 saturated carbocycles. The van der Waals surface area contributed by atoms with Gasteiger partial charge in [0, 0.05) is 47.2 Å². The highest BCUT2D eigenvalue weighted by molar-refractivity contribution is 6.20. The number of aromatic nitrogens is 1. The standard InChI is InChI=1S/C25H24N4O3/c1-25(2)19-12-16(32-10-9-29-8-7-27-21(30)14-29)4-6-17(19)23(31)22-18-5-3-15(13-26)11-20(18)28-24(22)25/h3-6,11-12,28H,7-10,14H2,1-2H3,(H,27,30). The van der Waals surface area contributed by atoms with Crippen molar-refractivity contribution in [2.75, 3.05) is 32.8 Å². The first-order valence-electron chi connectivity index (χ1n) is 10.8. The van der Waals surface area contributed by atoms with E-state index in [1.54, 1.807) is 12.1 Å². The fraction of sp³-hybridized carbons (Fsp3) is 0.320. The minimum absolute atomic E-state index is 0.0174. The van der Waals surface area contributed by atoms with Crippen LogP contribution in [0.4, 0.5) is 0 Å².